The number of anilines is 2. The summed E-state index contributed by atoms with van der Waals surface area (Å²) in [5, 5.41) is 6.51. The zero-order valence-electron chi connectivity index (χ0n) is 14.3. The van der Waals surface area contributed by atoms with Gasteiger partial charge in [0.05, 0.1) is 6.61 Å². The van der Waals surface area contributed by atoms with Crippen LogP contribution in [0.1, 0.15) is 51.9 Å². The summed E-state index contributed by atoms with van der Waals surface area (Å²) in [6, 6.07) is 0. The number of nitrogens with one attached hydrogen (secondary N) is 2. The molecule has 1 aromatic heterocycles. The number of aromatic nitrogens is 2. The maximum Gasteiger partial charge on any atom is 0.138 e. The van der Waals surface area contributed by atoms with Crippen LogP contribution in [0.3, 0.4) is 0 Å². The largest absolute Gasteiger partial charge is 0.380 e. The minimum Gasteiger partial charge on any atom is -0.380 e. The molecule has 0 saturated carbocycles. The third kappa shape index (κ3) is 5.50. The summed E-state index contributed by atoms with van der Waals surface area (Å²) in [4.78, 5) is 9.27. The van der Waals surface area contributed by atoms with Crippen LogP contribution in [0, 0.1) is 6.92 Å². The summed E-state index contributed by atoms with van der Waals surface area (Å²) in [7, 11) is 1.89. The number of nitrogens with zero attached hydrogens (tertiary/aromatic N) is 2. The van der Waals surface area contributed by atoms with Crippen LogP contribution >= 0.6 is 0 Å². The Kier molecular flexibility index (Phi) is 6.89. The topological polar surface area (TPSA) is 59.1 Å². The number of rotatable bonds is 8. The molecule has 0 bridgehead atoms. The van der Waals surface area contributed by atoms with E-state index in [1.807, 2.05) is 14.0 Å². The summed E-state index contributed by atoms with van der Waals surface area (Å²) in [5.74, 6) is 2.61. The summed E-state index contributed by atoms with van der Waals surface area (Å²) in [6.45, 7) is 12.8. The Morgan fingerprint density at radius 3 is 2.33 bits per heavy atom. The van der Waals surface area contributed by atoms with Gasteiger partial charge in [-0.3, -0.25) is 0 Å². The van der Waals surface area contributed by atoms with Gasteiger partial charge in [0, 0.05) is 31.2 Å². The average molecular weight is 294 g/mol. The standard InChI is InChI=1S/C16H30N4O/c1-7-8-10-21-11-9-18-14-12(2)13(17-6)19-15(20-14)16(3,4)5/h7-11H2,1-6H3,(H2,17,18,19,20). The van der Waals surface area contributed by atoms with E-state index in [1.54, 1.807) is 0 Å². The first-order chi connectivity index (χ1) is 9.90. The molecule has 0 aromatic carbocycles. The molecule has 0 spiro atoms. The highest BCUT2D eigenvalue weighted by atomic mass is 16.5. The van der Waals surface area contributed by atoms with Gasteiger partial charge >= 0.3 is 0 Å². The third-order valence-electron chi connectivity index (χ3n) is 3.23. The molecule has 21 heavy (non-hydrogen) atoms. The van der Waals surface area contributed by atoms with Gasteiger partial charge in [-0.25, -0.2) is 9.97 Å². The first-order valence-corrected chi connectivity index (χ1v) is 7.78. The van der Waals surface area contributed by atoms with Gasteiger partial charge < -0.3 is 15.4 Å². The first kappa shape index (κ1) is 17.7. The lowest BCUT2D eigenvalue weighted by molar-refractivity contribution is 0.141. The van der Waals surface area contributed by atoms with Crippen molar-refractivity contribution in [2.75, 3.05) is 37.4 Å². The quantitative estimate of drug-likeness (QED) is 0.720. The van der Waals surface area contributed by atoms with Crippen LogP contribution in [0.2, 0.25) is 0 Å². The van der Waals surface area contributed by atoms with Crippen molar-refractivity contribution in [3.8, 4) is 0 Å². The normalized spacial score (nSPS) is 11.5. The Hall–Kier alpha value is -1.36. The van der Waals surface area contributed by atoms with E-state index < -0.39 is 0 Å². The molecule has 5 nitrogen and oxygen atoms in total. The third-order valence-corrected chi connectivity index (χ3v) is 3.23. The molecule has 120 valence electrons. The molecule has 0 atom stereocenters. The molecule has 5 heteroatoms. The van der Waals surface area contributed by atoms with Crippen molar-refractivity contribution in [3.63, 3.8) is 0 Å². The fourth-order valence-electron chi connectivity index (χ4n) is 1.86. The molecule has 1 heterocycles. The smallest absolute Gasteiger partial charge is 0.138 e. The Morgan fingerprint density at radius 1 is 1.10 bits per heavy atom. The Balaban J connectivity index is 2.72. The van der Waals surface area contributed by atoms with E-state index in [9.17, 15) is 0 Å². The number of unbranched alkanes of at least 4 members (excludes halogenated alkanes) is 1. The Labute approximate surface area is 128 Å². The molecule has 1 rings (SSSR count). The lowest BCUT2D eigenvalue weighted by Crippen LogP contribution is -2.20. The van der Waals surface area contributed by atoms with Crippen LogP contribution in [0.4, 0.5) is 11.6 Å². The van der Waals surface area contributed by atoms with Crippen molar-refractivity contribution in [2.24, 2.45) is 0 Å². The number of hydrogen-bond donors (Lipinski definition) is 2. The second-order valence-electron chi connectivity index (χ2n) is 6.26. The van der Waals surface area contributed by atoms with Gasteiger partial charge in [-0.2, -0.15) is 0 Å². The van der Waals surface area contributed by atoms with Gasteiger partial charge in [-0.15, -0.1) is 0 Å². The van der Waals surface area contributed by atoms with Gasteiger partial charge in [0.2, 0.25) is 0 Å². The molecule has 0 aliphatic carbocycles. The van der Waals surface area contributed by atoms with E-state index in [1.165, 1.54) is 6.42 Å². The van der Waals surface area contributed by atoms with Crippen LogP contribution < -0.4 is 10.6 Å². The van der Waals surface area contributed by atoms with E-state index in [-0.39, 0.29) is 5.41 Å². The molecule has 2 N–H and O–H groups in total. The van der Waals surface area contributed by atoms with Gasteiger partial charge in [-0.05, 0) is 13.3 Å². The fraction of sp³-hybridized carbons (Fsp3) is 0.750. The molecule has 0 aliphatic heterocycles. The minimum atomic E-state index is -0.0760. The van der Waals surface area contributed by atoms with E-state index in [4.69, 9.17) is 4.74 Å². The second-order valence-corrected chi connectivity index (χ2v) is 6.26. The van der Waals surface area contributed by atoms with Crippen molar-refractivity contribution in [1.82, 2.24) is 9.97 Å². The maximum atomic E-state index is 5.57. The average Bonchev–Trinajstić information content (AvgIpc) is 2.43. The lowest BCUT2D eigenvalue weighted by atomic mass is 9.95. The summed E-state index contributed by atoms with van der Waals surface area (Å²) >= 11 is 0. The maximum absolute atomic E-state index is 5.57. The van der Waals surface area contributed by atoms with E-state index in [0.717, 1.165) is 42.6 Å². The molecule has 0 unspecified atom stereocenters. The molecular formula is C16H30N4O. The predicted molar refractivity (Wildman–Crippen MR) is 89.2 cm³/mol. The van der Waals surface area contributed by atoms with E-state index in [2.05, 4.69) is 48.3 Å². The van der Waals surface area contributed by atoms with Crippen LogP contribution in [-0.4, -0.2) is 36.8 Å². The number of ether oxygens (including phenoxy) is 1. The second kappa shape index (κ2) is 8.17. The highest BCUT2D eigenvalue weighted by Crippen LogP contribution is 2.25. The molecular weight excluding hydrogens is 264 g/mol. The first-order valence-electron chi connectivity index (χ1n) is 7.78. The zero-order chi connectivity index (χ0) is 15.9. The molecule has 0 saturated heterocycles. The Bertz CT molecular complexity index is 441. The SMILES string of the molecule is CCCCOCCNc1nc(C(C)(C)C)nc(NC)c1C. The van der Waals surface area contributed by atoms with Crippen molar-refractivity contribution < 1.29 is 4.74 Å². The van der Waals surface area contributed by atoms with Gasteiger partial charge in [0.15, 0.2) is 0 Å². The van der Waals surface area contributed by atoms with Crippen LogP contribution in [0.15, 0.2) is 0 Å². The molecule has 0 amide bonds. The van der Waals surface area contributed by atoms with Gasteiger partial charge in [0.1, 0.15) is 17.5 Å². The highest BCUT2D eigenvalue weighted by molar-refractivity contribution is 5.57. The van der Waals surface area contributed by atoms with Gasteiger partial charge in [0.25, 0.3) is 0 Å². The summed E-state index contributed by atoms with van der Waals surface area (Å²) < 4.78 is 5.57. The van der Waals surface area contributed by atoms with Crippen molar-refractivity contribution in [2.45, 2.75) is 52.9 Å². The zero-order valence-corrected chi connectivity index (χ0v) is 14.3. The van der Waals surface area contributed by atoms with Crippen LogP contribution in [0.5, 0.6) is 0 Å². The Morgan fingerprint density at radius 2 is 1.76 bits per heavy atom. The monoisotopic (exact) mass is 294 g/mol. The highest BCUT2D eigenvalue weighted by Gasteiger charge is 2.20. The predicted octanol–water partition coefficient (Wildman–Crippen LogP) is 3.35. The molecule has 0 fully saturated rings. The molecule has 0 radical (unpaired) electrons. The fourth-order valence-corrected chi connectivity index (χ4v) is 1.86. The van der Waals surface area contributed by atoms with Gasteiger partial charge in [-0.1, -0.05) is 34.1 Å². The lowest BCUT2D eigenvalue weighted by Gasteiger charge is -2.20. The van der Waals surface area contributed by atoms with Crippen molar-refractivity contribution in [3.05, 3.63) is 11.4 Å². The van der Waals surface area contributed by atoms with Crippen LogP contribution in [-0.2, 0) is 10.2 Å². The summed E-state index contributed by atoms with van der Waals surface area (Å²) in [5.41, 5.74) is 0.965. The van der Waals surface area contributed by atoms with E-state index >= 15 is 0 Å². The summed E-state index contributed by atoms with van der Waals surface area (Å²) in [6.07, 6.45) is 2.28. The van der Waals surface area contributed by atoms with E-state index in [0.29, 0.717) is 6.61 Å². The van der Waals surface area contributed by atoms with Crippen LogP contribution in [0.25, 0.3) is 0 Å². The molecule has 0 aliphatic rings. The minimum absolute atomic E-state index is 0.0760. The van der Waals surface area contributed by atoms with Crippen molar-refractivity contribution >= 4 is 11.6 Å². The number of hydrogen-bond acceptors (Lipinski definition) is 5. The van der Waals surface area contributed by atoms with Crippen molar-refractivity contribution in [1.29, 1.82) is 0 Å². The molecule has 1 aromatic rings.